The van der Waals surface area contributed by atoms with E-state index in [2.05, 4.69) is 10.2 Å². The van der Waals surface area contributed by atoms with Gasteiger partial charge in [0.1, 0.15) is 4.99 Å². The molecule has 0 aromatic heterocycles. The molecule has 1 saturated heterocycles. The van der Waals surface area contributed by atoms with Crippen molar-refractivity contribution < 1.29 is 9.90 Å². The minimum absolute atomic E-state index is 0.0707. The summed E-state index contributed by atoms with van der Waals surface area (Å²) >= 11 is 4.92. The second kappa shape index (κ2) is 6.98. The number of hydrogen-bond donors (Lipinski definition) is 3. The van der Waals surface area contributed by atoms with Crippen molar-refractivity contribution in [3.8, 4) is 0 Å². The number of amides is 1. The first-order chi connectivity index (χ1) is 9.95. The van der Waals surface area contributed by atoms with Gasteiger partial charge in [0.25, 0.3) is 0 Å². The highest BCUT2D eigenvalue weighted by Crippen LogP contribution is 2.16. The molecule has 2 rings (SSSR count). The lowest BCUT2D eigenvalue weighted by atomic mass is 9.97. The number of likely N-dealkylation sites (tertiary alicyclic amines) is 1. The summed E-state index contributed by atoms with van der Waals surface area (Å²) in [5.74, 6) is 0.128. The summed E-state index contributed by atoms with van der Waals surface area (Å²) < 4.78 is 0. The number of nitrogens with one attached hydrogen (secondary N) is 1. The fourth-order valence-electron chi connectivity index (χ4n) is 2.52. The van der Waals surface area contributed by atoms with Crippen LogP contribution < -0.4 is 11.1 Å². The Morgan fingerprint density at radius 2 is 2.33 bits per heavy atom. The summed E-state index contributed by atoms with van der Waals surface area (Å²) in [7, 11) is 0. The molecule has 114 valence electrons. The van der Waals surface area contributed by atoms with E-state index in [1.54, 1.807) is 6.07 Å². The van der Waals surface area contributed by atoms with Crippen molar-refractivity contribution in [3.63, 3.8) is 0 Å². The fraction of sp³-hybridized carbons (Fsp3) is 0.467. The SMILES string of the molecule is CC1CN(CC(=O)Nc2cccc(C(N)=S)c2)CCC1O. The normalized spacial score (nSPS) is 22.8. The summed E-state index contributed by atoms with van der Waals surface area (Å²) in [6.45, 7) is 3.81. The second-order valence-corrected chi connectivity index (χ2v) is 6.00. The molecule has 1 aromatic rings. The van der Waals surface area contributed by atoms with E-state index < -0.39 is 0 Å². The van der Waals surface area contributed by atoms with Gasteiger partial charge in [-0.25, -0.2) is 0 Å². The van der Waals surface area contributed by atoms with E-state index in [0.29, 0.717) is 23.6 Å². The molecular weight excluding hydrogens is 286 g/mol. The third-order valence-electron chi connectivity index (χ3n) is 3.74. The molecule has 1 fully saturated rings. The van der Waals surface area contributed by atoms with Crippen LogP contribution in [0, 0.1) is 5.92 Å². The van der Waals surface area contributed by atoms with Crippen LogP contribution in [-0.4, -0.2) is 46.6 Å². The van der Waals surface area contributed by atoms with Crippen molar-refractivity contribution in [1.82, 2.24) is 4.90 Å². The number of nitrogens with two attached hydrogens (primary N) is 1. The number of hydrogen-bond acceptors (Lipinski definition) is 4. The molecule has 0 radical (unpaired) electrons. The number of aliphatic hydroxyl groups excluding tert-OH is 1. The van der Waals surface area contributed by atoms with E-state index in [0.717, 1.165) is 18.7 Å². The van der Waals surface area contributed by atoms with Crippen LogP contribution in [0.5, 0.6) is 0 Å². The monoisotopic (exact) mass is 307 g/mol. The molecule has 1 aliphatic rings. The Labute approximate surface area is 130 Å². The van der Waals surface area contributed by atoms with E-state index in [1.165, 1.54) is 0 Å². The number of carbonyl (C=O) groups excluding carboxylic acids is 1. The molecular formula is C15H21N3O2S. The molecule has 1 heterocycles. The van der Waals surface area contributed by atoms with Crippen molar-refractivity contribution in [2.75, 3.05) is 25.0 Å². The first-order valence-electron chi connectivity index (χ1n) is 7.06. The van der Waals surface area contributed by atoms with Gasteiger partial charge in [0, 0.05) is 24.3 Å². The van der Waals surface area contributed by atoms with Gasteiger partial charge in [-0.2, -0.15) is 0 Å². The zero-order valence-corrected chi connectivity index (χ0v) is 12.9. The average Bonchev–Trinajstić information content (AvgIpc) is 2.43. The molecule has 1 aromatic carbocycles. The van der Waals surface area contributed by atoms with Crippen LogP contribution in [-0.2, 0) is 4.79 Å². The second-order valence-electron chi connectivity index (χ2n) is 5.56. The number of nitrogens with zero attached hydrogens (tertiary/aromatic N) is 1. The standard InChI is InChI=1S/C15H21N3O2S/c1-10-8-18(6-5-13(10)19)9-14(20)17-12-4-2-3-11(7-12)15(16)21/h2-4,7,10,13,19H,5-6,8-9H2,1H3,(H2,16,21)(H,17,20). The van der Waals surface area contributed by atoms with Gasteiger partial charge in [-0.3, -0.25) is 9.69 Å². The molecule has 1 aliphatic heterocycles. The Bertz CT molecular complexity index is 535. The van der Waals surface area contributed by atoms with E-state index in [-0.39, 0.29) is 17.9 Å². The molecule has 2 atom stereocenters. The zero-order chi connectivity index (χ0) is 15.4. The fourth-order valence-corrected chi connectivity index (χ4v) is 2.64. The maximum Gasteiger partial charge on any atom is 0.238 e. The van der Waals surface area contributed by atoms with Gasteiger partial charge in [0.2, 0.25) is 5.91 Å². The summed E-state index contributed by atoms with van der Waals surface area (Å²) in [6, 6.07) is 7.19. The van der Waals surface area contributed by atoms with Gasteiger partial charge in [-0.15, -0.1) is 0 Å². The Morgan fingerprint density at radius 3 is 3.00 bits per heavy atom. The average molecular weight is 307 g/mol. The van der Waals surface area contributed by atoms with Crippen LogP contribution in [0.15, 0.2) is 24.3 Å². The molecule has 6 heteroatoms. The van der Waals surface area contributed by atoms with Gasteiger partial charge in [0.15, 0.2) is 0 Å². The largest absolute Gasteiger partial charge is 0.393 e. The highest BCUT2D eigenvalue weighted by molar-refractivity contribution is 7.80. The smallest absolute Gasteiger partial charge is 0.238 e. The van der Waals surface area contributed by atoms with Crippen LogP contribution in [0.1, 0.15) is 18.9 Å². The highest BCUT2D eigenvalue weighted by atomic mass is 32.1. The van der Waals surface area contributed by atoms with Gasteiger partial charge in [-0.05, 0) is 24.5 Å². The number of aliphatic hydroxyl groups is 1. The first kappa shape index (κ1) is 15.9. The molecule has 5 nitrogen and oxygen atoms in total. The van der Waals surface area contributed by atoms with Crippen LogP contribution in [0.2, 0.25) is 0 Å². The van der Waals surface area contributed by atoms with Gasteiger partial charge < -0.3 is 16.2 Å². The number of anilines is 1. The van der Waals surface area contributed by atoms with E-state index in [4.69, 9.17) is 18.0 Å². The van der Waals surface area contributed by atoms with Gasteiger partial charge >= 0.3 is 0 Å². The third-order valence-corrected chi connectivity index (χ3v) is 3.98. The predicted molar refractivity (Wildman–Crippen MR) is 87.2 cm³/mol. The summed E-state index contributed by atoms with van der Waals surface area (Å²) in [5, 5.41) is 12.5. The predicted octanol–water partition coefficient (Wildman–Crippen LogP) is 0.962. The van der Waals surface area contributed by atoms with Crippen molar-refractivity contribution in [2.45, 2.75) is 19.4 Å². The Balaban J connectivity index is 1.90. The van der Waals surface area contributed by atoms with E-state index in [9.17, 15) is 9.90 Å². The summed E-state index contributed by atoms with van der Waals surface area (Å²) in [5.41, 5.74) is 7.00. The van der Waals surface area contributed by atoms with Crippen LogP contribution in [0.3, 0.4) is 0 Å². The molecule has 4 N–H and O–H groups in total. The molecule has 1 amide bonds. The van der Waals surface area contributed by atoms with Gasteiger partial charge in [-0.1, -0.05) is 31.3 Å². The van der Waals surface area contributed by atoms with Crippen molar-refractivity contribution in [1.29, 1.82) is 0 Å². The molecule has 21 heavy (non-hydrogen) atoms. The zero-order valence-electron chi connectivity index (χ0n) is 12.1. The number of carbonyl (C=O) groups is 1. The third kappa shape index (κ3) is 4.49. The Hall–Kier alpha value is -1.50. The summed E-state index contributed by atoms with van der Waals surface area (Å²) in [4.78, 5) is 14.4. The Kier molecular flexibility index (Phi) is 5.27. The van der Waals surface area contributed by atoms with Gasteiger partial charge in [0.05, 0.1) is 12.6 Å². The number of piperidine rings is 1. The summed E-state index contributed by atoms with van der Waals surface area (Å²) in [6.07, 6.45) is 0.456. The van der Waals surface area contributed by atoms with Crippen LogP contribution in [0.25, 0.3) is 0 Å². The first-order valence-corrected chi connectivity index (χ1v) is 7.46. The van der Waals surface area contributed by atoms with E-state index in [1.807, 2.05) is 25.1 Å². The quantitative estimate of drug-likeness (QED) is 0.722. The topological polar surface area (TPSA) is 78.6 Å². The molecule has 0 bridgehead atoms. The number of thiocarbonyl (C=S) groups is 1. The van der Waals surface area contributed by atoms with Crippen molar-refractivity contribution in [3.05, 3.63) is 29.8 Å². The molecule has 0 aliphatic carbocycles. The van der Waals surface area contributed by atoms with Crippen LogP contribution >= 0.6 is 12.2 Å². The van der Waals surface area contributed by atoms with Crippen LogP contribution in [0.4, 0.5) is 5.69 Å². The number of benzene rings is 1. The minimum atomic E-state index is -0.258. The van der Waals surface area contributed by atoms with Crippen molar-refractivity contribution >= 4 is 28.8 Å². The lowest BCUT2D eigenvalue weighted by Crippen LogP contribution is -2.45. The molecule has 0 spiro atoms. The molecule has 2 unspecified atom stereocenters. The maximum atomic E-state index is 12.1. The highest BCUT2D eigenvalue weighted by Gasteiger charge is 2.25. The minimum Gasteiger partial charge on any atom is -0.393 e. The Morgan fingerprint density at radius 1 is 1.57 bits per heavy atom. The van der Waals surface area contributed by atoms with Crippen molar-refractivity contribution in [2.24, 2.45) is 11.7 Å². The number of rotatable bonds is 4. The maximum absolute atomic E-state index is 12.1. The lowest BCUT2D eigenvalue weighted by molar-refractivity contribution is -0.118. The molecule has 0 saturated carbocycles. The van der Waals surface area contributed by atoms with E-state index >= 15 is 0 Å². The lowest BCUT2D eigenvalue weighted by Gasteiger charge is -2.33.